The first-order valence-electron chi connectivity index (χ1n) is 10.5. The Morgan fingerprint density at radius 1 is 1.23 bits per heavy atom. The van der Waals surface area contributed by atoms with Crippen molar-refractivity contribution in [3.8, 4) is 0 Å². The lowest BCUT2D eigenvalue weighted by Crippen LogP contribution is -2.48. The van der Waals surface area contributed by atoms with Crippen molar-refractivity contribution in [1.82, 2.24) is 10.6 Å². The van der Waals surface area contributed by atoms with E-state index in [0.717, 1.165) is 30.2 Å². The van der Waals surface area contributed by atoms with Crippen LogP contribution in [0.4, 0.5) is 0 Å². The number of rotatable bonds is 7. The van der Waals surface area contributed by atoms with Crippen molar-refractivity contribution in [2.24, 2.45) is 4.99 Å². The molecule has 1 aromatic carbocycles. The third kappa shape index (κ3) is 6.84. The number of guanidine groups is 1. The maximum Gasteiger partial charge on any atom is 0.191 e. The zero-order valence-electron chi connectivity index (χ0n) is 18.4. The van der Waals surface area contributed by atoms with Crippen molar-refractivity contribution < 1.29 is 14.3 Å². The SMILES string of the molecule is CCNC(=NCC(C)(O)c1ccc(C)o1)NCC1(c2cccc(Cl)c2)CCOCC1.I. The van der Waals surface area contributed by atoms with Gasteiger partial charge in [0.25, 0.3) is 0 Å². The van der Waals surface area contributed by atoms with Crippen LogP contribution < -0.4 is 10.6 Å². The van der Waals surface area contributed by atoms with Crippen LogP contribution in [-0.4, -0.2) is 43.9 Å². The zero-order chi connectivity index (χ0) is 21.6. The fourth-order valence-electron chi connectivity index (χ4n) is 3.78. The lowest BCUT2D eigenvalue weighted by Gasteiger charge is -2.38. The molecule has 3 N–H and O–H groups in total. The Bertz CT molecular complexity index is 863. The number of hydrogen-bond donors (Lipinski definition) is 3. The highest BCUT2D eigenvalue weighted by Crippen LogP contribution is 2.35. The number of aliphatic imine (C=N–C) groups is 1. The van der Waals surface area contributed by atoms with E-state index in [1.165, 1.54) is 5.56 Å². The summed E-state index contributed by atoms with van der Waals surface area (Å²) in [7, 11) is 0. The molecule has 0 spiro atoms. The molecule has 172 valence electrons. The lowest BCUT2D eigenvalue weighted by atomic mass is 9.74. The number of hydrogen-bond acceptors (Lipinski definition) is 4. The van der Waals surface area contributed by atoms with Gasteiger partial charge in [-0.1, -0.05) is 23.7 Å². The van der Waals surface area contributed by atoms with Crippen LogP contribution in [0.3, 0.4) is 0 Å². The molecule has 8 heteroatoms. The Balaban J connectivity index is 0.00000341. The summed E-state index contributed by atoms with van der Waals surface area (Å²) in [6.45, 7) is 8.63. The van der Waals surface area contributed by atoms with E-state index in [9.17, 15) is 5.11 Å². The number of aliphatic hydroxyl groups is 1. The zero-order valence-corrected chi connectivity index (χ0v) is 21.5. The van der Waals surface area contributed by atoms with Gasteiger partial charge in [0, 0.05) is 36.7 Å². The summed E-state index contributed by atoms with van der Waals surface area (Å²) in [6, 6.07) is 11.7. The molecule has 1 aliphatic heterocycles. The van der Waals surface area contributed by atoms with E-state index in [1.54, 1.807) is 13.0 Å². The summed E-state index contributed by atoms with van der Waals surface area (Å²) in [5.41, 5.74) is -0.0559. The number of nitrogens with one attached hydrogen (secondary N) is 2. The van der Waals surface area contributed by atoms with Gasteiger partial charge in [0.2, 0.25) is 0 Å². The molecule has 1 fully saturated rings. The third-order valence-electron chi connectivity index (χ3n) is 5.64. The van der Waals surface area contributed by atoms with Crippen molar-refractivity contribution in [2.45, 2.75) is 44.6 Å². The van der Waals surface area contributed by atoms with E-state index < -0.39 is 5.60 Å². The van der Waals surface area contributed by atoms with Gasteiger partial charge in [-0.2, -0.15) is 0 Å². The minimum Gasteiger partial charge on any atom is -0.463 e. The molecule has 0 bridgehead atoms. The van der Waals surface area contributed by atoms with Gasteiger partial charge in [0.15, 0.2) is 5.96 Å². The van der Waals surface area contributed by atoms with E-state index >= 15 is 0 Å². The first-order chi connectivity index (χ1) is 14.3. The van der Waals surface area contributed by atoms with Crippen molar-refractivity contribution in [2.75, 3.05) is 32.8 Å². The van der Waals surface area contributed by atoms with Gasteiger partial charge in [-0.15, -0.1) is 24.0 Å². The molecule has 0 saturated carbocycles. The molecule has 2 heterocycles. The summed E-state index contributed by atoms with van der Waals surface area (Å²) in [6.07, 6.45) is 1.81. The first-order valence-corrected chi connectivity index (χ1v) is 10.9. The Morgan fingerprint density at radius 3 is 2.58 bits per heavy atom. The normalized spacial score (nSPS) is 18.0. The number of aryl methyl sites for hydroxylation is 1. The van der Waals surface area contributed by atoms with E-state index in [0.29, 0.717) is 31.5 Å². The fraction of sp³-hybridized carbons (Fsp3) is 0.522. The quantitative estimate of drug-likeness (QED) is 0.266. The standard InChI is InChI=1S/C23H32ClN3O3.HI/c1-4-25-21(26-15-22(3,28)20-9-8-17(2)30-20)27-16-23(10-12-29-13-11-23)18-6-5-7-19(24)14-18;/h5-9,14,28H,4,10-13,15-16H2,1-3H3,(H2,25,26,27);1H. The molecule has 1 aliphatic rings. The molecule has 0 aliphatic carbocycles. The summed E-state index contributed by atoms with van der Waals surface area (Å²) >= 11 is 6.27. The van der Waals surface area contributed by atoms with Crippen LogP contribution in [0, 0.1) is 6.92 Å². The average molecular weight is 562 g/mol. The second-order valence-electron chi connectivity index (χ2n) is 8.14. The minimum absolute atomic E-state index is 0. The highest BCUT2D eigenvalue weighted by atomic mass is 127. The van der Waals surface area contributed by atoms with E-state index in [4.69, 9.17) is 20.8 Å². The topological polar surface area (TPSA) is 79.0 Å². The molecule has 3 rings (SSSR count). The maximum absolute atomic E-state index is 10.8. The molecule has 0 amide bonds. The Labute approximate surface area is 206 Å². The van der Waals surface area contributed by atoms with Crippen LogP contribution in [0.25, 0.3) is 0 Å². The monoisotopic (exact) mass is 561 g/mol. The number of nitrogens with zero attached hydrogens (tertiary/aromatic N) is 1. The Hall–Kier alpha value is -1.29. The summed E-state index contributed by atoms with van der Waals surface area (Å²) in [5.74, 6) is 1.94. The summed E-state index contributed by atoms with van der Waals surface area (Å²) < 4.78 is 11.2. The molecule has 31 heavy (non-hydrogen) atoms. The number of benzene rings is 1. The first kappa shape index (κ1) is 26.0. The van der Waals surface area contributed by atoms with Gasteiger partial charge in [-0.3, -0.25) is 0 Å². The Kier molecular flexibility index (Phi) is 9.66. The molecular formula is C23H33ClIN3O3. The Morgan fingerprint density at radius 2 is 1.97 bits per heavy atom. The van der Waals surface area contributed by atoms with Crippen LogP contribution in [0.5, 0.6) is 0 Å². The summed E-state index contributed by atoms with van der Waals surface area (Å²) in [4.78, 5) is 4.62. The van der Waals surface area contributed by atoms with Crippen molar-refractivity contribution in [3.63, 3.8) is 0 Å². The number of ether oxygens (including phenoxy) is 1. The second kappa shape index (κ2) is 11.5. The lowest BCUT2D eigenvalue weighted by molar-refractivity contribution is 0.0427. The largest absolute Gasteiger partial charge is 0.463 e. The molecule has 0 radical (unpaired) electrons. The van der Waals surface area contributed by atoms with Gasteiger partial charge in [0.05, 0.1) is 6.54 Å². The van der Waals surface area contributed by atoms with Crippen LogP contribution in [0.15, 0.2) is 45.8 Å². The predicted molar refractivity (Wildman–Crippen MR) is 136 cm³/mol. The molecule has 1 saturated heterocycles. The molecule has 1 atom stereocenters. The third-order valence-corrected chi connectivity index (χ3v) is 5.88. The van der Waals surface area contributed by atoms with Crippen molar-refractivity contribution in [3.05, 3.63) is 58.5 Å². The van der Waals surface area contributed by atoms with Gasteiger partial charge < -0.3 is 24.9 Å². The maximum atomic E-state index is 10.8. The highest BCUT2D eigenvalue weighted by Gasteiger charge is 2.35. The van der Waals surface area contributed by atoms with Gasteiger partial charge in [-0.25, -0.2) is 4.99 Å². The van der Waals surface area contributed by atoms with E-state index in [2.05, 4.69) is 21.7 Å². The second-order valence-corrected chi connectivity index (χ2v) is 8.57. The number of furan rings is 1. The minimum atomic E-state index is -1.18. The van der Waals surface area contributed by atoms with Crippen molar-refractivity contribution in [1.29, 1.82) is 0 Å². The van der Waals surface area contributed by atoms with Crippen molar-refractivity contribution >= 4 is 41.5 Å². The molecule has 1 aromatic heterocycles. The predicted octanol–water partition coefficient (Wildman–Crippen LogP) is 4.37. The van der Waals surface area contributed by atoms with Gasteiger partial charge >= 0.3 is 0 Å². The van der Waals surface area contributed by atoms with E-state index in [-0.39, 0.29) is 35.9 Å². The van der Waals surface area contributed by atoms with Crippen LogP contribution in [0.1, 0.15) is 43.8 Å². The molecular weight excluding hydrogens is 529 g/mol. The van der Waals surface area contributed by atoms with Crippen LogP contribution in [-0.2, 0) is 15.8 Å². The number of halogens is 2. The van der Waals surface area contributed by atoms with E-state index in [1.807, 2.05) is 38.1 Å². The average Bonchev–Trinajstić information content (AvgIpc) is 3.18. The fourth-order valence-corrected chi connectivity index (χ4v) is 3.97. The molecule has 1 unspecified atom stereocenters. The van der Waals surface area contributed by atoms with Crippen LogP contribution in [0.2, 0.25) is 5.02 Å². The molecule has 6 nitrogen and oxygen atoms in total. The smallest absolute Gasteiger partial charge is 0.191 e. The van der Waals surface area contributed by atoms with Gasteiger partial charge in [-0.05, 0) is 63.4 Å². The van der Waals surface area contributed by atoms with Crippen LogP contribution >= 0.6 is 35.6 Å². The molecule has 2 aromatic rings. The summed E-state index contributed by atoms with van der Waals surface area (Å²) in [5, 5.41) is 18.3. The highest BCUT2D eigenvalue weighted by molar-refractivity contribution is 14.0. The van der Waals surface area contributed by atoms with Gasteiger partial charge in [0.1, 0.15) is 17.1 Å².